The fourth-order valence-corrected chi connectivity index (χ4v) is 2.62. The molecule has 0 aliphatic carbocycles. The first-order chi connectivity index (χ1) is 12.0. The van der Waals surface area contributed by atoms with Crippen molar-refractivity contribution in [2.75, 3.05) is 0 Å². The second-order valence-corrected chi connectivity index (χ2v) is 6.28. The topological polar surface area (TPSA) is 57.0 Å². The number of nitrogens with zero attached hydrogens (tertiary/aromatic N) is 3. The van der Waals surface area contributed by atoms with Crippen LogP contribution in [-0.4, -0.2) is 21.0 Å². The quantitative estimate of drug-likeness (QED) is 0.679. The number of carbonyl (C=O) groups excluding carboxylic acids is 1. The summed E-state index contributed by atoms with van der Waals surface area (Å²) in [7, 11) is 0. The number of rotatable bonds is 4. The van der Waals surface area contributed by atoms with Gasteiger partial charge in [-0.2, -0.15) is 0 Å². The van der Waals surface area contributed by atoms with Crippen molar-refractivity contribution >= 4 is 5.97 Å². The van der Waals surface area contributed by atoms with Gasteiger partial charge in [0.05, 0.1) is 11.4 Å². The van der Waals surface area contributed by atoms with Crippen molar-refractivity contribution < 1.29 is 9.53 Å². The Balaban J connectivity index is 1.77. The average Bonchev–Trinajstić information content (AvgIpc) is 2.98. The first kappa shape index (κ1) is 16.9. The molecule has 0 saturated heterocycles. The highest BCUT2D eigenvalue weighted by Crippen LogP contribution is 2.16. The first-order valence-electron chi connectivity index (χ1n) is 8.18. The van der Waals surface area contributed by atoms with E-state index >= 15 is 0 Å². The second-order valence-electron chi connectivity index (χ2n) is 6.28. The Labute approximate surface area is 147 Å². The Morgan fingerprint density at radius 2 is 1.68 bits per heavy atom. The molecule has 0 unspecified atom stereocenters. The molecule has 0 aliphatic heterocycles. The van der Waals surface area contributed by atoms with Crippen molar-refractivity contribution in [3.05, 3.63) is 76.1 Å². The number of carbonyl (C=O) groups is 1. The van der Waals surface area contributed by atoms with Gasteiger partial charge in [-0.25, -0.2) is 9.48 Å². The molecule has 0 N–H and O–H groups in total. The van der Waals surface area contributed by atoms with E-state index in [1.165, 1.54) is 0 Å². The highest BCUT2D eigenvalue weighted by molar-refractivity contribution is 5.88. The minimum atomic E-state index is -0.461. The fraction of sp³-hybridized carbons (Fsp3) is 0.250. The third-order valence-electron chi connectivity index (χ3n) is 4.23. The molecule has 5 heteroatoms. The summed E-state index contributed by atoms with van der Waals surface area (Å²) < 4.78 is 7.09. The molecule has 0 amide bonds. The molecule has 0 bridgehead atoms. The first-order valence-corrected chi connectivity index (χ1v) is 8.18. The molecule has 128 valence electrons. The van der Waals surface area contributed by atoms with Gasteiger partial charge in [0.1, 0.15) is 6.61 Å². The van der Waals surface area contributed by atoms with Gasteiger partial charge in [-0.1, -0.05) is 46.7 Å². The van der Waals surface area contributed by atoms with Gasteiger partial charge in [0.15, 0.2) is 5.69 Å². The van der Waals surface area contributed by atoms with Gasteiger partial charge in [-0.3, -0.25) is 0 Å². The van der Waals surface area contributed by atoms with Crippen LogP contribution in [0.5, 0.6) is 0 Å². The molecule has 0 spiro atoms. The normalized spacial score (nSPS) is 10.7. The maximum atomic E-state index is 12.4. The van der Waals surface area contributed by atoms with E-state index in [2.05, 4.69) is 10.3 Å². The Hall–Kier alpha value is -2.95. The molecule has 1 heterocycles. The molecule has 0 saturated carbocycles. The van der Waals surface area contributed by atoms with Crippen LogP contribution in [0.4, 0.5) is 0 Å². The lowest BCUT2D eigenvalue weighted by atomic mass is 10.1. The Morgan fingerprint density at radius 1 is 1.00 bits per heavy atom. The van der Waals surface area contributed by atoms with E-state index in [0.717, 1.165) is 27.9 Å². The van der Waals surface area contributed by atoms with Gasteiger partial charge >= 0.3 is 5.97 Å². The van der Waals surface area contributed by atoms with Crippen LogP contribution in [0.25, 0.3) is 5.69 Å². The predicted molar refractivity (Wildman–Crippen MR) is 95.9 cm³/mol. The third kappa shape index (κ3) is 3.60. The fourth-order valence-electron chi connectivity index (χ4n) is 2.62. The number of aromatic nitrogens is 3. The Bertz CT molecular complexity index is 911. The molecule has 5 nitrogen and oxygen atoms in total. The van der Waals surface area contributed by atoms with Crippen molar-refractivity contribution in [3.8, 4) is 5.69 Å². The predicted octanol–water partition coefficient (Wildman–Crippen LogP) is 3.86. The van der Waals surface area contributed by atoms with Crippen LogP contribution < -0.4 is 0 Å². The van der Waals surface area contributed by atoms with Gasteiger partial charge < -0.3 is 4.74 Å². The maximum absolute atomic E-state index is 12.4. The zero-order valence-electron chi connectivity index (χ0n) is 14.9. The number of hydrogen-bond donors (Lipinski definition) is 0. The summed E-state index contributed by atoms with van der Waals surface area (Å²) >= 11 is 0. The van der Waals surface area contributed by atoms with Crippen LogP contribution >= 0.6 is 0 Å². The van der Waals surface area contributed by atoms with Gasteiger partial charge in [0.2, 0.25) is 0 Å². The summed E-state index contributed by atoms with van der Waals surface area (Å²) in [5.41, 5.74) is 6.16. The Kier molecular flexibility index (Phi) is 4.65. The zero-order valence-corrected chi connectivity index (χ0v) is 14.9. The van der Waals surface area contributed by atoms with E-state index in [9.17, 15) is 4.79 Å². The zero-order chi connectivity index (χ0) is 18.0. The molecule has 1 aromatic heterocycles. The minimum Gasteiger partial charge on any atom is -0.456 e. The average molecular weight is 335 g/mol. The number of hydrogen-bond acceptors (Lipinski definition) is 4. The smallest absolute Gasteiger partial charge is 0.361 e. The molecular weight excluding hydrogens is 314 g/mol. The molecule has 3 aromatic rings. The summed E-state index contributed by atoms with van der Waals surface area (Å²) in [5, 5.41) is 8.09. The van der Waals surface area contributed by atoms with E-state index in [4.69, 9.17) is 4.74 Å². The van der Waals surface area contributed by atoms with Gasteiger partial charge in [0.25, 0.3) is 0 Å². The molecule has 0 atom stereocenters. The van der Waals surface area contributed by atoms with Crippen LogP contribution in [0, 0.1) is 27.7 Å². The Morgan fingerprint density at radius 3 is 2.40 bits per heavy atom. The van der Waals surface area contributed by atoms with Crippen molar-refractivity contribution in [3.63, 3.8) is 0 Å². The van der Waals surface area contributed by atoms with Crippen LogP contribution in [0.2, 0.25) is 0 Å². The summed E-state index contributed by atoms with van der Waals surface area (Å²) in [6.07, 6.45) is 0. The molecule has 0 radical (unpaired) electrons. The lowest BCUT2D eigenvalue weighted by molar-refractivity contribution is 0.0464. The number of benzene rings is 2. The van der Waals surface area contributed by atoms with E-state index in [1.54, 1.807) is 4.68 Å². The van der Waals surface area contributed by atoms with Crippen molar-refractivity contribution in [1.82, 2.24) is 15.0 Å². The van der Waals surface area contributed by atoms with Crippen LogP contribution in [-0.2, 0) is 11.3 Å². The summed E-state index contributed by atoms with van der Waals surface area (Å²) in [4.78, 5) is 12.4. The molecule has 25 heavy (non-hydrogen) atoms. The SMILES string of the molecule is Cc1ccc(-n2nnc(C(=O)OCc3cc(C)ccc3C)c2C)cc1. The van der Waals surface area contributed by atoms with Crippen molar-refractivity contribution in [2.45, 2.75) is 34.3 Å². The molecular formula is C20H21N3O2. The van der Waals surface area contributed by atoms with Crippen LogP contribution in [0.3, 0.4) is 0 Å². The van der Waals surface area contributed by atoms with Gasteiger partial charge in [-0.05, 0) is 51.0 Å². The summed E-state index contributed by atoms with van der Waals surface area (Å²) in [6.45, 7) is 8.08. The standard InChI is InChI=1S/C20H21N3O2/c1-13-6-9-18(10-7-13)23-16(4)19(21-22-23)20(24)25-12-17-11-14(2)5-8-15(17)3/h5-11H,12H2,1-4H3. The monoisotopic (exact) mass is 335 g/mol. The van der Waals surface area contributed by atoms with Crippen molar-refractivity contribution in [1.29, 1.82) is 0 Å². The minimum absolute atomic E-state index is 0.225. The summed E-state index contributed by atoms with van der Waals surface area (Å²) in [6, 6.07) is 14.0. The second kappa shape index (κ2) is 6.89. The largest absolute Gasteiger partial charge is 0.456 e. The van der Waals surface area contributed by atoms with Crippen LogP contribution in [0.15, 0.2) is 42.5 Å². The lowest BCUT2D eigenvalue weighted by Crippen LogP contribution is -2.09. The highest BCUT2D eigenvalue weighted by Gasteiger charge is 2.19. The summed E-state index contributed by atoms with van der Waals surface area (Å²) in [5.74, 6) is -0.461. The third-order valence-corrected chi connectivity index (χ3v) is 4.23. The molecule has 3 rings (SSSR count). The lowest BCUT2D eigenvalue weighted by Gasteiger charge is -2.08. The number of aryl methyl sites for hydroxylation is 3. The van der Waals surface area contributed by atoms with Gasteiger partial charge in [-0.15, -0.1) is 5.10 Å². The molecule has 2 aromatic carbocycles. The van der Waals surface area contributed by atoms with Crippen LogP contribution in [0.1, 0.15) is 38.4 Å². The molecule has 0 aliphatic rings. The number of esters is 1. The highest BCUT2D eigenvalue weighted by atomic mass is 16.5. The maximum Gasteiger partial charge on any atom is 0.361 e. The van der Waals surface area contributed by atoms with E-state index in [0.29, 0.717) is 5.69 Å². The number of ether oxygens (including phenoxy) is 1. The molecule has 0 fully saturated rings. The van der Waals surface area contributed by atoms with E-state index in [1.807, 2.05) is 70.2 Å². The van der Waals surface area contributed by atoms with Crippen molar-refractivity contribution in [2.24, 2.45) is 0 Å². The van der Waals surface area contributed by atoms with Gasteiger partial charge in [0, 0.05) is 0 Å². The van der Waals surface area contributed by atoms with E-state index < -0.39 is 5.97 Å². The van der Waals surface area contributed by atoms with E-state index in [-0.39, 0.29) is 12.3 Å².